The van der Waals surface area contributed by atoms with E-state index in [1.807, 2.05) is 117 Å². The van der Waals surface area contributed by atoms with Crippen LogP contribution in [0.4, 0.5) is 0 Å². The maximum atomic E-state index is 13.8. The van der Waals surface area contributed by atoms with Gasteiger partial charge in [-0.25, -0.2) is 13.1 Å². The van der Waals surface area contributed by atoms with Crippen LogP contribution in [0.25, 0.3) is 0 Å². The van der Waals surface area contributed by atoms with Crippen LogP contribution in [0, 0.1) is 13.8 Å². The smallest absolute Gasteiger partial charge is 0.125 e. The van der Waals surface area contributed by atoms with Crippen molar-refractivity contribution in [3.8, 4) is 0 Å². The predicted molar refractivity (Wildman–Crippen MR) is 161 cm³/mol. The van der Waals surface area contributed by atoms with E-state index in [1.54, 1.807) is 11.8 Å². The van der Waals surface area contributed by atoms with E-state index in [2.05, 4.69) is 27.6 Å². The third kappa shape index (κ3) is 6.35. The quantitative estimate of drug-likeness (QED) is 0.209. The minimum atomic E-state index is -1.47. The first-order valence-electron chi connectivity index (χ1n) is 11.9. The second kappa shape index (κ2) is 12.2. The van der Waals surface area contributed by atoms with Gasteiger partial charge in [0.25, 0.3) is 0 Å². The summed E-state index contributed by atoms with van der Waals surface area (Å²) in [5.74, 6) is 0. The van der Waals surface area contributed by atoms with Gasteiger partial charge in [0.2, 0.25) is 0 Å². The molecule has 0 amide bonds. The Hall–Kier alpha value is -2.03. The number of hydrogen-bond donors (Lipinski definition) is 1. The van der Waals surface area contributed by atoms with E-state index in [0.29, 0.717) is 4.90 Å². The van der Waals surface area contributed by atoms with Gasteiger partial charge in [-0.15, -0.1) is 0 Å². The molecule has 0 saturated carbocycles. The van der Waals surface area contributed by atoms with Gasteiger partial charge in [0.05, 0.1) is 26.5 Å². The third-order valence-electron chi connectivity index (χ3n) is 6.38. The molecule has 0 aromatic heterocycles. The summed E-state index contributed by atoms with van der Waals surface area (Å²) < 4.78 is 31.9. The molecule has 0 saturated heterocycles. The van der Waals surface area contributed by atoms with E-state index in [-0.39, 0.29) is 5.25 Å². The summed E-state index contributed by atoms with van der Waals surface area (Å²) in [5.41, 5.74) is 3.44. The Morgan fingerprint density at radius 2 is 1.32 bits per heavy atom. The van der Waals surface area contributed by atoms with Crippen molar-refractivity contribution in [2.75, 3.05) is 6.26 Å². The standard InChI is InChI=1S/C30H30BrNO2S3/c1-21-9-17-25(18-10-21)36(33)28-8-6-5-7-27(28)29(35-4)30(3,23-13-15-24(31)16-14-23)32-37(34)26-19-11-22(2)12-20-26/h5-20,29,32H,1-4H3/t29-,30+,36-,37-/m0/s1. The summed E-state index contributed by atoms with van der Waals surface area (Å²) in [6.07, 6.45) is 2.05. The zero-order valence-electron chi connectivity index (χ0n) is 21.2. The molecule has 0 fully saturated rings. The molecular formula is C30H30BrNO2S3. The third-order valence-corrected chi connectivity index (χ3v) is 10.9. The Kier molecular flexibility index (Phi) is 9.24. The maximum absolute atomic E-state index is 13.8. The molecule has 37 heavy (non-hydrogen) atoms. The van der Waals surface area contributed by atoms with Gasteiger partial charge in [0.1, 0.15) is 11.0 Å². The number of nitrogens with one attached hydrogen (secondary N) is 1. The van der Waals surface area contributed by atoms with Crippen LogP contribution >= 0.6 is 27.7 Å². The van der Waals surface area contributed by atoms with Crippen molar-refractivity contribution in [1.29, 1.82) is 0 Å². The van der Waals surface area contributed by atoms with Gasteiger partial charge in [-0.3, -0.25) is 0 Å². The van der Waals surface area contributed by atoms with Gasteiger partial charge in [-0.05, 0) is 80.6 Å². The van der Waals surface area contributed by atoms with Gasteiger partial charge >= 0.3 is 0 Å². The van der Waals surface area contributed by atoms with E-state index < -0.39 is 27.3 Å². The van der Waals surface area contributed by atoms with Gasteiger partial charge in [-0.2, -0.15) is 11.8 Å². The van der Waals surface area contributed by atoms with Crippen LogP contribution in [0.5, 0.6) is 0 Å². The first kappa shape index (κ1) is 28.0. The largest absolute Gasteiger partial charge is 0.249 e. The molecule has 192 valence electrons. The fourth-order valence-corrected chi connectivity index (χ4v) is 8.20. The van der Waals surface area contributed by atoms with Crippen molar-refractivity contribution < 1.29 is 8.42 Å². The molecule has 0 aliphatic rings. The summed E-state index contributed by atoms with van der Waals surface area (Å²) in [6.45, 7) is 6.11. The average Bonchev–Trinajstić information content (AvgIpc) is 2.90. The normalized spacial score (nSPS) is 15.5. The Labute approximate surface area is 237 Å². The lowest BCUT2D eigenvalue weighted by Crippen LogP contribution is -2.45. The second-order valence-electron chi connectivity index (χ2n) is 9.13. The molecule has 3 nitrogen and oxygen atoms in total. The molecule has 0 aliphatic carbocycles. The second-order valence-corrected chi connectivity index (χ2v) is 13.6. The van der Waals surface area contributed by atoms with Crippen molar-refractivity contribution in [3.63, 3.8) is 0 Å². The molecular weight excluding hydrogens is 582 g/mol. The number of thioether (sulfide) groups is 1. The van der Waals surface area contributed by atoms with Gasteiger partial charge in [0, 0.05) is 14.3 Å². The molecule has 4 aromatic rings. The molecule has 0 bridgehead atoms. The van der Waals surface area contributed by atoms with Gasteiger partial charge < -0.3 is 0 Å². The van der Waals surface area contributed by atoms with Crippen molar-refractivity contribution in [3.05, 3.63) is 124 Å². The number of hydrogen-bond acceptors (Lipinski definition) is 3. The SMILES string of the molecule is CS[C@@H](c1ccccc1[S@@](=O)c1ccc(C)cc1)[C@](C)(N[S@@](=O)c1ccc(C)cc1)c1ccc(Br)cc1. The van der Waals surface area contributed by atoms with Crippen LogP contribution in [0.1, 0.15) is 34.4 Å². The Bertz CT molecular complexity index is 1410. The molecule has 0 radical (unpaired) electrons. The minimum absolute atomic E-state index is 0.186. The van der Waals surface area contributed by atoms with Crippen LogP contribution < -0.4 is 4.72 Å². The number of halogens is 1. The van der Waals surface area contributed by atoms with Crippen LogP contribution in [0.3, 0.4) is 0 Å². The molecule has 4 atom stereocenters. The highest BCUT2D eigenvalue weighted by atomic mass is 79.9. The van der Waals surface area contributed by atoms with E-state index in [4.69, 9.17) is 0 Å². The van der Waals surface area contributed by atoms with Crippen LogP contribution in [0.15, 0.2) is 116 Å². The van der Waals surface area contributed by atoms with Crippen LogP contribution in [-0.2, 0) is 27.3 Å². The lowest BCUT2D eigenvalue weighted by molar-refractivity contribution is 0.431. The summed E-state index contributed by atoms with van der Waals surface area (Å²) in [5, 5.41) is -0.186. The highest BCUT2D eigenvalue weighted by molar-refractivity contribution is 9.10. The topological polar surface area (TPSA) is 46.2 Å². The summed E-state index contributed by atoms with van der Waals surface area (Å²) in [7, 11) is -2.83. The monoisotopic (exact) mass is 611 g/mol. The number of benzene rings is 4. The van der Waals surface area contributed by atoms with Crippen LogP contribution in [-0.4, -0.2) is 14.7 Å². The van der Waals surface area contributed by atoms with E-state index in [9.17, 15) is 8.42 Å². The average molecular weight is 613 g/mol. The fraction of sp³-hybridized carbons (Fsp3) is 0.200. The molecule has 0 heterocycles. The summed E-state index contributed by atoms with van der Waals surface area (Å²) in [4.78, 5) is 2.24. The van der Waals surface area contributed by atoms with Crippen molar-refractivity contribution in [2.45, 2.75) is 46.2 Å². The van der Waals surface area contributed by atoms with Crippen molar-refractivity contribution >= 4 is 49.5 Å². The first-order chi connectivity index (χ1) is 17.7. The molecule has 4 aromatic carbocycles. The number of aryl methyl sites for hydroxylation is 2. The predicted octanol–water partition coefficient (Wildman–Crippen LogP) is 7.86. The van der Waals surface area contributed by atoms with Gasteiger partial charge in [-0.1, -0.05) is 81.7 Å². The maximum Gasteiger partial charge on any atom is 0.125 e. The Morgan fingerprint density at radius 3 is 1.89 bits per heavy atom. The van der Waals surface area contributed by atoms with Crippen LogP contribution in [0.2, 0.25) is 0 Å². The highest BCUT2D eigenvalue weighted by Gasteiger charge is 2.40. The summed E-state index contributed by atoms with van der Waals surface area (Å²) >= 11 is 5.20. The van der Waals surface area contributed by atoms with E-state index >= 15 is 0 Å². The minimum Gasteiger partial charge on any atom is -0.249 e. The molecule has 0 unspecified atom stereocenters. The zero-order chi connectivity index (χ0) is 26.6. The molecule has 0 aliphatic heterocycles. The number of rotatable bonds is 9. The lowest BCUT2D eigenvalue weighted by atomic mass is 9.86. The first-order valence-corrected chi connectivity index (χ1v) is 16.2. The lowest BCUT2D eigenvalue weighted by Gasteiger charge is -2.39. The van der Waals surface area contributed by atoms with E-state index in [0.717, 1.165) is 36.5 Å². The highest BCUT2D eigenvalue weighted by Crippen LogP contribution is 2.46. The zero-order valence-corrected chi connectivity index (χ0v) is 25.3. The summed E-state index contributed by atoms with van der Waals surface area (Å²) in [6, 6.07) is 31.5. The molecule has 4 rings (SSSR count). The Balaban J connectivity index is 1.82. The van der Waals surface area contributed by atoms with E-state index in [1.165, 1.54) is 0 Å². The molecule has 7 heteroatoms. The van der Waals surface area contributed by atoms with Crippen molar-refractivity contribution in [1.82, 2.24) is 4.72 Å². The van der Waals surface area contributed by atoms with Gasteiger partial charge in [0.15, 0.2) is 0 Å². The molecule has 1 N–H and O–H groups in total. The molecule has 0 spiro atoms. The fourth-order valence-electron chi connectivity index (χ4n) is 4.30. The van der Waals surface area contributed by atoms with Crippen molar-refractivity contribution in [2.24, 2.45) is 0 Å². The Morgan fingerprint density at radius 1 is 0.784 bits per heavy atom.